The lowest BCUT2D eigenvalue weighted by molar-refractivity contribution is 0.690. The first-order valence-electron chi connectivity index (χ1n) is 6.66. The van der Waals surface area contributed by atoms with Crippen molar-refractivity contribution >= 4 is 17.6 Å². The third-order valence-electron chi connectivity index (χ3n) is 3.89. The Morgan fingerprint density at radius 2 is 2.22 bits per heavy atom. The Morgan fingerprint density at radius 1 is 1.39 bits per heavy atom. The van der Waals surface area contributed by atoms with Crippen LogP contribution in [0.15, 0.2) is 17.2 Å². The van der Waals surface area contributed by atoms with Crippen LogP contribution < -0.4 is 10.9 Å². The van der Waals surface area contributed by atoms with E-state index in [2.05, 4.69) is 16.6 Å². The van der Waals surface area contributed by atoms with Gasteiger partial charge in [0.1, 0.15) is 0 Å². The molecule has 0 radical (unpaired) electrons. The van der Waals surface area contributed by atoms with E-state index in [1.165, 1.54) is 12.8 Å². The molecule has 4 nitrogen and oxygen atoms in total. The predicted octanol–water partition coefficient (Wildman–Crippen LogP) is 2.27. The van der Waals surface area contributed by atoms with Gasteiger partial charge in [0, 0.05) is 29.7 Å². The van der Waals surface area contributed by atoms with E-state index in [9.17, 15) is 4.79 Å². The van der Waals surface area contributed by atoms with Gasteiger partial charge in [-0.3, -0.25) is 4.79 Å². The summed E-state index contributed by atoms with van der Waals surface area (Å²) >= 11 is 1.89. The molecular formula is C13H19N3OS. The molecular weight excluding hydrogens is 246 g/mol. The van der Waals surface area contributed by atoms with E-state index in [-0.39, 0.29) is 5.56 Å². The minimum atomic E-state index is 0.0479. The molecule has 0 aromatic carbocycles. The molecule has 1 heterocycles. The summed E-state index contributed by atoms with van der Waals surface area (Å²) in [5, 5.41) is 3.98. The molecule has 2 aliphatic rings. The lowest BCUT2D eigenvalue weighted by Gasteiger charge is -2.19. The van der Waals surface area contributed by atoms with Gasteiger partial charge in [-0.1, -0.05) is 6.42 Å². The van der Waals surface area contributed by atoms with Crippen LogP contribution in [0.4, 0.5) is 5.82 Å². The van der Waals surface area contributed by atoms with Crippen LogP contribution >= 0.6 is 11.8 Å². The molecule has 2 unspecified atom stereocenters. The highest BCUT2D eigenvalue weighted by atomic mass is 32.2. The maximum atomic E-state index is 12.3. The summed E-state index contributed by atoms with van der Waals surface area (Å²) in [4.78, 5) is 16.5. The fourth-order valence-electron chi connectivity index (χ4n) is 2.71. The number of nitrogens with one attached hydrogen (secondary N) is 1. The van der Waals surface area contributed by atoms with Crippen LogP contribution in [0, 0.1) is 0 Å². The third-order valence-corrected chi connectivity index (χ3v) is 5.06. The number of hydrogen-bond donors (Lipinski definition) is 1. The summed E-state index contributed by atoms with van der Waals surface area (Å²) in [6, 6.07) is 0.816. The van der Waals surface area contributed by atoms with Crippen LogP contribution in [-0.4, -0.2) is 27.1 Å². The van der Waals surface area contributed by atoms with Crippen molar-refractivity contribution in [1.82, 2.24) is 9.55 Å². The summed E-state index contributed by atoms with van der Waals surface area (Å²) in [5.74, 6) is 0.537. The maximum Gasteiger partial charge on any atom is 0.293 e. The summed E-state index contributed by atoms with van der Waals surface area (Å²) in [5.41, 5.74) is 0.0479. The van der Waals surface area contributed by atoms with Crippen molar-refractivity contribution in [3.8, 4) is 0 Å². The van der Waals surface area contributed by atoms with E-state index in [0.717, 1.165) is 19.3 Å². The monoisotopic (exact) mass is 265 g/mol. The molecule has 2 aliphatic carbocycles. The van der Waals surface area contributed by atoms with E-state index in [1.807, 2.05) is 22.5 Å². The first-order chi connectivity index (χ1) is 8.79. The number of aromatic nitrogens is 2. The molecule has 0 amide bonds. The molecule has 1 aromatic rings. The van der Waals surface area contributed by atoms with Crippen LogP contribution in [0.5, 0.6) is 0 Å². The van der Waals surface area contributed by atoms with Crippen LogP contribution in [0.1, 0.15) is 38.1 Å². The lowest BCUT2D eigenvalue weighted by Crippen LogP contribution is -2.32. The Morgan fingerprint density at radius 3 is 2.94 bits per heavy atom. The molecule has 0 aliphatic heterocycles. The third kappa shape index (κ3) is 2.28. The Labute approximate surface area is 111 Å². The van der Waals surface area contributed by atoms with Gasteiger partial charge in [-0.15, -0.1) is 0 Å². The predicted molar refractivity (Wildman–Crippen MR) is 75.3 cm³/mol. The average molecular weight is 265 g/mol. The zero-order valence-electron chi connectivity index (χ0n) is 10.6. The van der Waals surface area contributed by atoms with Gasteiger partial charge in [-0.05, 0) is 31.9 Å². The van der Waals surface area contributed by atoms with E-state index in [4.69, 9.17) is 0 Å². The number of nitrogens with zero attached hydrogens (tertiary/aromatic N) is 2. The first kappa shape index (κ1) is 12.1. The molecule has 0 saturated heterocycles. The highest BCUT2D eigenvalue weighted by Crippen LogP contribution is 2.33. The summed E-state index contributed by atoms with van der Waals surface area (Å²) in [6.07, 6.45) is 11.6. The Hall–Kier alpha value is -0.970. The fourth-order valence-corrected chi connectivity index (χ4v) is 3.65. The second-order valence-corrected chi connectivity index (χ2v) is 6.25. The van der Waals surface area contributed by atoms with Crippen LogP contribution in [0.2, 0.25) is 0 Å². The second-order valence-electron chi connectivity index (χ2n) is 5.18. The quantitative estimate of drug-likeness (QED) is 0.907. The molecule has 98 valence electrons. The van der Waals surface area contributed by atoms with Gasteiger partial charge in [-0.25, -0.2) is 4.98 Å². The molecule has 3 rings (SSSR count). The number of hydrogen-bond acceptors (Lipinski definition) is 4. The van der Waals surface area contributed by atoms with Crippen molar-refractivity contribution in [2.75, 3.05) is 11.6 Å². The topological polar surface area (TPSA) is 46.9 Å². The zero-order chi connectivity index (χ0) is 12.5. The largest absolute Gasteiger partial charge is 0.362 e. The summed E-state index contributed by atoms with van der Waals surface area (Å²) in [6.45, 7) is 0. The standard InChI is InChI=1S/C13H19N3OS/c1-18-11-4-2-3-10(11)15-12-13(17)16(8-7-14-12)9-5-6-9/h7-11H,2-6H2,1H3,(H,14,15). The molecule has 0 spiro atoms. The van der Waals surface area contributed by atoms with Crippen molar-refractivity contribution in [3.05, 3.63) is 22.7 Å². The van der Waals surface area contributed by atoms with Crippen LogP contribution in [0.3, 0.4) is 0 Å². The highest BCUT2D eigenvalue weighted by molar-refractivity contribution is 7.99. The summed E-state index contributed by atoms with van der Waals surface area (Å²) < 4.78 is 1.83. The van der Waals surface area contributed by atoms with Gasteiger partial charge in [0.05, 0.1) is 0 Å². The Balaban J connectivity index is 1.80. The van der Waals surface area contributed by atoms with Crippen molar-refractivity contribution < 1.29 is 0 Å². The van der Waals surface area contributed by atoms with Gasteiger partial charge in [-0.2, -0.15) is 11.8 Å². The molecule has 1 aromatic heterocycles. The van der Waals surface area contributed by atoms with E-state index in [0.29, 0.717) is 23.2 Å². The Bertz CT molecular complexity index is 483. The van der Waals surface area contributed by atoms with Gasteiger partial charge in [0.25, 0.3) is 5.56 Å². The number of rotatable bonds is 4. The molecule has 5 heteroatoms. The average Bonchev–Trinajstić information content (AvgIpc) is 3.12. The zero-order valence-corrected chi connectivity index (χ0v) is 11.4. The fraction of sp³-hybridized carbons (Fsp3) is 0.692. The molecule has 2 fully saturated rings. The van der Waals surface area contributed by atoms with Crippen LogP contribution in [0.25, 0.3) is 0 Å². The van der Waals surface area contributed by atoms with Gasteiger partial charge >= 0.3 is 0 Å². The lowest BCUT2D eigenvalue weighted by atomic mass is 10.2. The van der Waals surface area contributed by atoms with Gasteiger partial charge in [0.2, 0.25) is 0 Å². The molecule has 1 N–H and O–H groups in total. The Kier molecular flexibility index (Phi) is 3.33. The molecule has 2 saturated carbocycles. The van der Waals surface area contributed by atoms with Crippen molar-refractivity contribution in [2.45, 2.75) is 49.4 Å². The molecule has 0 bridgehead atoms. The summed E-state index contributed by atoms with van der Waals surface area (Å²) in [7, 11) is 0. The number of anilines is 1. The minimum absolute atomic E-state index is 0.0479. The van der Waals surface area contributed by atoms with E-state index in [1.54, 1.807) is 6.20 Å². The van der Waals surface area contributed by atoms with Gasteiger partial charge in [0.15, 0.2) is 5.82 Å². The smallest absolute Gasteiger partial charge is 0.293 e. The van der Waals surface area contributed by atoms with E-state index < -0.39 is 0 Å². The first-order valence-corrected chi connectivity index (χ1v) is 7.95. The van der Waals surface area contributed by atoms with Crippen molar-refractivity contribution in [2.24, 2.45) is 0 Å². The highest BCUT2D eigenvalue weighted by Gasteiger charge is 2.29. The molecule has 18 heavy (non-hydrogen) atoms. The van der Waals surface area contributed by atoms with Gasteiger partial charge < -0.3 is 9.88 Å². The minimum Gasteiger partial charge on any atom is -0.362 e. The van der Waals surface area contributed by atoms with Crippen molar-refractivity contribution in [1.29, 1.82) is 0 Å². The number of thioether (sulfide) groups is 1. The van der Waals surface area contributed by atoms with E-state index >= 15 is 0 Å². The normalized spacial score (nSPS) is 27.4. The van der Waals surface area contributed by atoms with Crippen LogP contribution in [-0.2, 0) is 0 Å². The second kappa shape index (κ2) is 4.96. The SMILES string of the molecule is CSC1CCCC1Nc1nccn(C2CC2)c1=O. The molecule has 2 atom stereocenters. The maximum absolute atomic E-state index is 12.3. The van der Waals surface area contributed by atoms with Crippen molar-refractivity contribution in [3.63, 3.8) is 0 Å².